The van der Waals surface area contributed by atoms with E-state index in [4.69, 9.17) is 12.2 Å². The summed E-state index contributed by atoms with van der Waals surface area (Å²) in [5, 5.41) is 3.44. The predicted molar refractivity (Wildman–Crippen MR) is 90.5 cm³/mol. The van der Waals surface area contributed by atoms with Gasteiger partial charge in [0.15, 0.2) is 4.77 Å². The Morgan fingerprint density at radius 3 is 2.82 bits per heavy atom. The lowest BCUT2D eigenvalue weighted by Gasteiger charge is -2.09. The molecule has 118 valence electrons. The summed E-state index contributed by atoms with van der Waals surface area (Å²) in [5.74, 6) is 0.493. The quantitative estimate of drug-likeness (QED) is 0.804. The molecule has 0 radical (unpaired) electrons. The fraction of sp³-hybridized carbons (Fsp3) is 0.438. The molecule has 2 rings (SSSR count). The van der Waals surface area contributed by atoms with E-state index >= 15 is 0 Å². The van der Waals surface area contributed by atoms with Gasteiger partial charge in [-0.2, -0.15) is 0 Å². The molecule has 0 unspecified atom stereocenters. The van der Waals surface area contributed by atoms with Crippen LogP contribution in [0.1, 0.15) is 26.7 Å². The molecule has 5 nitrogen and oxygen atoms in total. The number of hydrogen-bond donors (Lipinski definition) is 2. The third-order valence-corrected chi connectivity index (χ3v) is 3.82. The lowest BCUT2D eigenvalue weighted by molar-refractivity contribution is -0.121. The van der Waals surface area contributed by atoms with Crippen molar-refractivity contribution in [1.29, 1.82) is 0 Å². The molecular weight excluding hydrogens is 298 g/mol. The number of hydrogen-bond acceptors (Lipinski definition) is 3. The van der Waals surface area contributed by atoms with E-state index in [2.05, 4.69) is 24.1 Å². The minimum absolute atomic E-state index is 0.0601. The lowest BCUT2D eigenvalue weighted by atomic mass is 10.1. The summed E-state index contributed by atoms with van der Waals surface area (Å²) < 4.78 is 1.79. The van der Waals surface area contributed by atoms with E-state index in [1.807, 2.05) is 18.2 Å². The topological polar surface area (TPSA) is 66.9 Å². The number of rotatable bonds is 6. The fourth-order valence-electron chi connectivity index (χ4n) is 2.20. The molecule has 6 heteroatoms. The average molecular weight is 319 g/mol. The second kappa shape index (κ2) is 7.35. The molecule has 0 aliphatic heterocycles. The average Bonchev–Trinajstić information content (AvgIpc) is 2.46. The van der Waals surface area contributed by atoms with Crippen LogP contribution in [0, 0.1) is 10.7 Å². The van der Waals surface area contributed by atoms with Crippen LogP contribution >= 0.6 is 12.2 Å². The van der Waals surface area contributed by atoms with Crippen LogP contribution in [0.3, 0.4) is 0 Å². The molecule has 2 aromatic rings. The first-order valence-corrected chi connectivity index (χ1v) is 7.88. The van der Waals surface area contributed by atoms with Crippen molar-refractivity contribution in [1.82, 2.24) is 14.9 Å². The molecule has 1 amide bonds. The van der Waals surface area contributed by atoms with Crippen molar-refractivity contribution in [2.75, 3.05) is 6.54 Å². The Balaban J connectivity index is 2.07. The van der Waals surface area contributed by atoms with E-state index in [1.165, 1.54) is 4.57 Å². The summed E-state index contributed by atoms with van der Waals surface area (Å²) in [5.41, 5.74) is 0.560. The van der Waals surface area contributed by atoms with Gasteiger partial charge in [-0.3, -0.25) is 14.2 Å². The van der Waals surface area contributed by atoms with Crippen molar-refractivity contribution in [3.8, 4) is 0 Å². The zero-order chi connectivity index (χ0) is 16.1. The zero-order valence-electron chi connectivity index (χ0n) is 12.9. The smallest absolute Gasteiger partial charge is 0.262 e. The highest BCUT2D eigenvalue weighted by atomic mass is 32.1. The number of fused-ring (bicyclic) bond motifs is 1. The van der Waals surface area contributed by atoms with Crippen LogP contribution in [0.5, 0.6) is 0 Å². The molecule has 0 fully saturated rings. The number of aromatic nitrogens is 2. The number of para-hydroxylation sites is 1. The van der Waals surface area contributed by atoms with E-state index < -0.39 is 0 Å². The van der Waals surface area contributed by atoms with Crippen LogP contribution in [0.15, 0.2) is 29.1 Å². The van der Waals surface area contributed by atoms with Crippen LogP contribution < -0.4 is 10.9 Å². The number of nitrogens with one attached hydrogen (secondary N) is 2. The largest absolute Gasteiger partial charge is 0.356 e. The normalized spacial score (nSPS) is 11.0. The molecule has 0 atom stereocenters. The van der Waals surface area contributed by atoms with Crippen molar-refractivity contribution in [2.24, 2.45) is 5.92 Å². The van der Waals surface area contributed by atoms with Crippen LogP contribution in [0.25, 0.3) is 10.9 Å². The van der Waals surface area contributed by atoms with Gasteiger partial charge in [0.25, 0.3) is 5.56 Å². The van der Waals surface area contributed by atoms with Crippen LogP contribution in [-0.2, 0) is 11.3 Å². The summed E-state index contributed by atoms with van der Waals surface area (Å²) in [6.45, 7) is 5.17. The summed E-state index contributed by atoms with van der Waals surface area (Å²) in [6.07, 6.45) is 1.19. The van der Waals surface area contributed by atoms with Gasteiger partial charge in [-0.15, -0.1) is 0 Å². The minimum Gasteiger partial charge on any atom is -0.356 e. The zero-order valence-corrected chi connectivity index (χ0v) is 13.7. The maximum Gasteiger partial charge on any atom is 0.262 e. The Hall–Kier alpha value is -1.95. The number of aromatic amines is 1. The first kappa shape index (κ1) is 16.4. The molecule has 0 bridgehead atoms. The highest BCUT2D eigenvalue weighted by molar-refractivity contribution is 7.71. The lowest BCUT2D eigenvalue weighted by Crippen LogP contribution is -2.29. The van der Waals surface area contributed by atoms with Gasteiger partial charge >= 0.3 is 0 Å². The highest BCUT2D eigenvalue weighted by Gasteiger charge is 2.07. The van der Waals surface area contributed by atoms with Gasteiger partial charge in [0.1, 0.15) is 0 Å². The van der Waals surface area contributed by atoms with Crippen molar-refractivity contribution in [3.05, 3.63) is 39.4 Å². The third kappa shape index (κ3) is 4.04. The first-order chi connectivity index (χ1) is 10.5. The molecule has 1 aromatic carbocycles. The summed E-state index contributed by atoms with van der Waals surface area (Å²) in [6, 6.07) is 7.22. The Bertz CT molecular complexity index is 777. The Labute approximate surface area is 134 Å². The van der Waals surface area contributed by atoms with Gasteiger partial charge in [-0.25, -0.2) is 0 Å². The molecule has 0 spiro atoms. The molecule has 0 aliphatic carbocycles. The highest BCUT2D eigenvalue weighted by Crippen LogP contribution is 2.06. The number of carbonyl (C=O) groups excluding carboxylic acids is 1. The van der Waals surface area contributed by atoms with Gasteiger partial charge in [-0.1, -0.05) is 26.0 Å². The summed E-state index contributed by atoms with van der Waals surface area (Å²) in [7, 11) is 0. The van der Waals surface area contributed by atoms with E-state index in [1.54, 1.807) is 6.07 Å². The molecule has 1 heterocycles. The predicted octanol–water partition coefficient (Wildman–Crippen LogP) is 2.61. The Morgan fingerprint density at radius 1 is 1.36 bits per heavy atom. The Kier molecular flexibility index (Phi) is 5.49. The first-order valence-electron chi connectivity index (χ1n) is 7.47. The van der Waals surface area contributed by atoms with E-state index in [9.17, 15) is 9.59 Å². The molecule has 0 aliphatic rings. The number of amides is 1. The summed E-state index contributed by atoms with van der Waals surface area (Å²) >= 11 is 5.22. The SMILES string of the molecule is CC(C)CCNC(=O)CCn1c(=S)[nH]c2ccccc2c1=O. The van der Waals surface area contributed by atoms with Gasteiger partial charge < -0.3 is 10.3 Å². The van der Waals surface area contributed by atoms with Crippen LogP contribution in [0.2, 0.25) is 0 Å². The van der Waals surface area contributed by atoms with E-state index in [0.717, 1.165) is 11.9 Å². The van der Waals surface area contributed by atoms with Gasteiger partial charge in [-0.05, 0) is 36.7 Å². The van der Waals surface area contributed by atoms with E-state index in [-0.39, 0.29) is 24.4 Å². The van der Waals surface area contributed by atoms with E-state index in [0.29, 0.717) is 22.6 Å². The number of carbonyl (C=O) groups is 1. The maximum absolute atomic E-state index is 12.4. The number of H-pyrrole nitrogens is 1. The monoisotopic (exact) mass is 319 g/mol. The third-order valence-electron chi connectivity index (χ3n) is 3.50. The van der Waals surface area contributed by atoms with Gasteiger partial charge in [0.05, 0.1) is 10.9 Å². The molecule has 22 heavy (non-hydrogen) atoms. The maximum atomic E-state index is 12.4. The fourth-order valence-corrected chi connectivity index (χ4v) is 2.49. The number of benzene rings is 1. The van der Waals surface area contributed by atoms with Crippen LogP contribution in [-0.4, -0.2) is 22.0 Å². The Morgan fingerprint density at radius 2 is 2.09 bits per heavy atom. The molecule has 0 saturated heterocycles. The standard InChI is InChI=1S/C16H21N3O2S/c1-11(2)7-9-17-14(20)8-10-19-15(21)12-5-3-4-6-13(12)18-16(19)22/h3-6,11H,7-10H2,1-2H3,(H,17,20)(H,18,22). The molecular formula is C16H21N3O2S. The second-order valence-corrected chi connectivity index (χ2v) is 6.10. The second-order valence-electron chi connectivity index (χ2n) is 5.72. The van der Waals surface area contributed by atoms with Gasteiger partial charge in [0.2, 0.25) is 5.91 Å². The van der Waals surface area contributed by atoms with Crippen molar-refractivity contribution < 1.29 is 4.79 Å². The summed E-state index contributed by atoms with van der Waals surface area (Å²) in [4.78, 5) is 27.3. The molecule has 1 aromatic heterocycles. The number of nitrogens with zero attached hydrogens (tertiary/aromatic N) is 1. The molecule has 2 N–H and O–H groups in total. The van der Waals surface area contributed by atoms with Crippen LogP contribution in [0.4, 0.5) is 0 Å². The van der Waals surface area contributed by atoms with Crippen molar-refractivity contribution >= 4 is 29.0 Å². The molecule has 0 saturated carbocycles. The minimum atomic E-state index is -0.158. The van der Waals surface area contributed by atoms with Crippen molar-refractivity contribution in [3.63, 3.8) is 0 Å². The van der Waals surface area contributed by atoms with Crippen molar-refractivity contribution in [2.45, 2.75) is 33.2 Å². The van der Waals surface area contributed by atoms with Gasteiger partial charge in [0, 0.05) is 19.5 Å².